The van der Waals surface area contributed by atoms with Crippen molar-refractivity contribution in [3.8, 4) is 0 Å². The molecular weight excluding hydrogens is 132 g/mol. The Balaban J connectivity index is 3.39. The molecule has 0 bridgehead atoms. The molecule has 60 valence electrons. The molecule has 0 amide bonds. The molecular formula is C6H14N2O2. The highest BCUT2D eigenvalue weighted by Gasteiger charge is 2.02. The van der Waals surface area contributed by atoms with Gasteiger partial charge < -0.3 is 5.11 Å². The minimum Gasteiger partial charge on any atom is -0.481 e. The highest BCUT2D eigenvalue weighted by Crippen LogP contribution is 1.88. The lowest BCUT2D eigenvalue weighted by molar-refractivity contribution is -0.138. The summed E-state index contributed by atoms with van der Waals surface area (Å²) in [4.78, 5) is 10.1. The van der Waals surface area contributed by atoms with Gasteiger partial charge in [-0.15, -0.1) is 0 Å². The van der Waals surface area contributed by atoms with Crippen LogP contribution in [0.25, 0.3) is 0 Å². The Labute approximate surface area is 61.0 Å². The molecule has 0 aliphatic heterocycles. The molecule has 0 radical (unpaired) electrons. The van der Waals surface area contributed by atoms with Crippen molar-refractivity contribution in [1.82, 2.24) is 10.0 Å². The number of nitrogens with zero attached hydrogens (tertiary/aromatic N) is 2. The Hall–Kier alpha value is -0.610. The maximum absolute atomic E-state index is 10.1. The number of aliphatic carboxylic acids is 1. The van der Waals surface area contributed by atoms with Gasteiger partial charge in [-0.2, -0.15) is 0 Å². The highest BCUT2D eigenvalue weighted by atomic mass is 16.4. The molecule has 10 heavy (non-hydrogen) atoms. The summed E-state index contributed by atoms with van der Waals surface area (Å²) < 4.78 is 0. The lowest BCUT2D eigenvalue weighted by Crippen LogP contribution is -2.34. The molecule has 0 saturated heterocycles. The molecule has 0 aromatic rings. The van der Waals surface area contributed by atoms with Gasteiger partial charge in [0.15, 0.2) is 0 Å². The van der Waals surface area contributed by atoms with E-state index in [0.717, 1.165) is 0 Å². The number of hydrogen-bond acceptors (Lipinski definition) is 3. The summed E-state index contributed by atoms with van der Waals surface area (Å²) in [6, 6.07) is 0. The Morgan fingerprint density at radius 2 is 1.90 bits per heavy atom. The van der Waals surface area contributed by atoms with E-state index in [9.17, 15) is 4.79 Å². The Bertz CT molecular complexity index is 114. The van der Waals surface area contributed by atoms with E-state index in [0.29, 0.717) is 6.54 Å². The van der Waals surface area contributed by atoms with Crippen LogP contribution < -0.4 is 0 Å². The number of hydrazine groups is 1. The Kier molecular flexibility index (Phi) is 3.99. The average Bonchev–Trinajstić information content (AvgIpc) is 1.82. The molecule has 0 unspecified atom stereocenters. The molecule has 0 spiro atoms. The van der Waals surface area contributed by atoms with Crippen molar-refractivity contribution in [2.75, 3.05) is 27.7 Å². The van der Waals surface area contributed by atoms with Crippen molar-refractivity contribution in [3.63, 3.8) is 0 Å². The van der Waals surface area contributed by atoms with E-state index in [4.69, 9.17) is 5.11 Å². The fourth-order valence-electron chi connectivity index (χ4n) is 0.457. The van der Waals surface area contributed by atoms with E-state index in [2.05, 4.69) is 0 Å². The van der Waals surface area contributed by atoms with Gasteiger partial charge in [-0.1, -0.05) is 0 Å². The second kappa shape index (κ2) is 4.24. The van der Waals surface area contributed by atoms with Crippen molar-refractivity contribution in [2.45, 2.75) is 6.42 Å². The van der Waals surface area contributed by atoms with Crippen LogP contribution in [0.15, 0.2) is 0 Å². The second-order valence-corrected chi connectivity index (χ2v) is 2.37. The second-order valence-electron chi connectivity index (χ2n) is 2.37. The zero-order chi connectivity index (χ0) is 8.15. The SMILES string of the molecule is CN(C)N(C)CCC(=O)O. The fraction of sp³-hybridized carbons (Fsp3) is 0.833. The zero-order valence-electron chi connectivity index (χ0n) is 6.66. The number of carbonyl (C=O) groups is 1. The highest BCUT2D eigenvalue weighted by molar-refractivity contribution is 5.66. The first-order valence-electron chi connectivity index (χ1n) is 3.14. The molecule has 0 heterocycles. The fourth-order valence-corrected chi connectivity index (χ4v) is 0.457. The molecule has 0 aliphatic rings. The predicted octanol–water partition coefficient (Wildman–Crippen LogP) is -0.131. The van der Waals surface area contributed by atoms with E-state index in [-0.39, 0.29) is 6.42 Å². The van der Waals surface area contributed by atoms with Crippen molar-refractivity contribution in [1.29, 1.82) is 0 Å². The normalized spacial score (nSPS) is 10.9. The largest absolute Gasteiger partial charge is 0.481 e. The van der Waals surface area contributed by atoms with Crippen LogP contribution in [0.5, 0.6) is 0 Å². The van der Waals surface area contributed by atoms with E-state index < -0.39 is 5.97 Å². The van der Waals surface area contributed by atoms with Crippen LogP contribution >= 0.6 is 0 Å². The summed E-state index contributed by atoms with van der Waals surface area (Å²) in [6.07, 6.45) is 0.189. The Morgan fingerprint density at radius 3 is 2.20 bits per heavy atom. The van der Waals surface area contributed by atoms with Gasteiger partial charge in [0, 0.05) is 27.7 Å². The van der Waals surface area contributed by atoms with E-state index in [1.807, 2.05) is 31.2 Å². The van der Waals surface area contributed by atoms with Crippen LogP contribution in [-0.2, 0) is 4.79 Å². The van der Waals surface area contributed by atoms with Crippen LogP contribution in [0.3, 0.4) is 0 Å². The summed E-state index contributed by atoms with van der Waals surface area (Å²) in [7, 11) is 5.60. The van der Waals surface area contributed by atoms with Gasteiger partial charge in [-0.3, -0.25) is 4.79 Å². The quantitative estimate of drug-likeness (QED) is 0.561. The van der Waals surface area contributed by atoms with Crippen molar-refractivity contribution in [3.05, 3.63) is 0 Å². The van der Waals surface area contributed by atoms with Gasteiger partial charge >= 0.3 is 5.97 Å². The van der Waals surface area contributed by atoms with Gasteiger partial charge in [-0.25, -0.2) is 10.0 Å². The first-order chi connectivity index (χ1) is 4.54. The molecule has 4 nitrogen and oxygen atoms in total. The van der Waals surface area contributed by atoms with Crippen LogP contribution in [0.4, 0.5) is 0 Å². The van der Waals surface area contributed by atoms with Crippen LogP contribution in [-0.4, -0.2) is 48.8 Å². The molecule has 0 saturated carbocycles. The molecule has 0 aliphatic carbocycles. The van der Waals surface area contributed by atoms with Crippen LogP contribution in [0.2, 0.25) is 0 Å². The number of rotatable bonds is 4. The molecule has 0 aromatic heterocycles. The third-order valence-corrected chi connectivity index (χ3v) is 1.33. The van der Waals surface area contributed by atoms with Crippen molar-refractivity contribution < 1.29 is 9.90 Å². The maximum atomic E-state index is 10.1. The van der Waals surface area contributed by atoms with Crippen LogP contribution in [0.1, 0.15) is 6.42 Å². The van der Waals surface area contributed by atoms with Crippen molar-refractivity contribution in [2.24, 2.45) is 0 Å². The van der Waals surface area contributed by atoms with E-state index >= 15 is 0 Å². The molecule has 0 atom stereocenters. The zero-order valence-corrected chi connectivity index (χ0v) is 6.66. The van der Waals surface area contributed by atoms with E-state index in [1.165, 1.54) is 0 Å². The number of carboxylic acids is 1. The van der Waals surface area contributed by atoms with Gasteiger partial charge in [0.2, 0.25) is 0 Å². The standard InChI is InChI=1S/C6H14N2O2/c1-7(2)8(3)5-4-6(9)10/h4-5H2,1-3H3,(H,9,10). The first-order valence-corrected chi connectivity index (χ1v) is 3.14. The minimum atomic E-state index is -0.756. The summed E-state index contributed by atoms with van der Waals surface area (Å²) in [5.74, 6) is -0.756. The molecule has 0 rings (SSSR count). The number of hydrogen-bond donors (Lipinski definition) is 1. The lowest BCUT2D eigenvalue weighted by Gasteiger charge is -2.22. The topological polar surface area (TPSA) is 43.8 Å². The minimum absolute atomic E-state index is 0.189. The van der Waals surface area contributed by atoms with Gasteiger partial charge in [0.1, 0.15) is 0 Å². The van der Waals surface area contributed by atoms with Crippen molar-refractivity contribution >= 4 is 5.97 Å². The third kappa shape index (κ3) is 4.29. The van der Waals surface area contributed by atoms with Crippen LogP contribution in [0, 0.1) is 0 Å². The molecule has 0 fully saturated rings. The van der Waals surface area contributed by atoms with Gasteiger partial charge in [0.05, 0.1) is 6.42 Å². The average molecular weight is 146 g/mol. The summed E-state index contributed by atoms with van der Waals surface area (Å²) in [6.45, 7) is 0.558. The first kappa shape index (κ1) is 9.39. The molecule has 1 N–H and O–H groups in total. The monoisotopic (exact) mass is 146 g/mol. The third-order valence-electron chi connectivity index (χ3n) is 1.33. The maximum Gasteiger partial charge on any atom is 0.304 e. The van der Waals surface area contributed by atoms with Gasteiger partial charge in [0.25, 0.3) is 0 Å². The summed E-state index contributed by atoms with van der Waals surface area (Å²) in [5, 5.41) is 12.0. The number of carboxylic acid groups (broad SMARTS) is 1. The molecule has 0 aromatic carbocycles. The Morgan fingerprint density at radius 1 is 1.40 bits per heavy atom. The van der Waals surface area contributed by atoms with E-state index in [1.54, 1.807) is 0 Å². The summed E-state index contributed by atoms with van der Waals surface area (Å²) in [5.41, 5.74) is 0. The lowest BCUT2D eigenvalue weighted by atomic mass is 10.4. The van der Waals surface area contributed by atoms with Gasteiger partial charge in [-0.05, 0) is 0 Å². The molecule has 4 heteroatoms. The predicted molar refractivity (Wildman–Crippen MR) is 38.6 cm³/mol. The smallest absolute Gasteiger partial charge is 0.304 e. The summed E-state index contributed by atoms with van der Waals surface area (Å²) >= 11 is 0.